The van der Waals surface area contributed by atoms with Gasteiger partial charge in [0.05, 0.1) is 0 Å². The topological polar surface area (TPSA) is 3.24 Å². The highest BCUT2D eigenvalue weighted by Gasteiger charge is 2.22. The first kappa shape index (κ1) is 13.0. The molecule has 1 fully saturated rings. The maximum atomic E-state index is 6.03. The predicted octanol–water partition coefficient (Wildman–Crippen LogP) is 4.85. The first-order valence-corrected chi connectivity index (χ1v) is 7.28. The molecule has 0 aromatic heterocycles. The fourth-order valence-corrected chi connectivity index (χ4v) is 3.09. The molecule has 0 spiro atoms. The predicted molar refractivity (Wildman–Crippen MR) is 76.3 cm³/mol. The van der Waals surface area contributed by atoms with Gasteiger partial charge in [0.2, 0.25) is 0 Å². The minimum absolute atomic E-state index is 0.531. The van der Waals surface area contributed by atoms with Gasteiger partial charge in [-0.3, -0.25) is 0 Å². The molecule has 1 unspecified atom stereocenters. The second-order valence-electron chi connectivity index (χ2n) is 4.66. The molecule has 0 N–H and O–H groups in total. The van der Waals surface area contributed by atoms with Gasteiger partial charge in [0.25, 0.3) is 0 Å². The number of hydrogen-bond acceptors (Lipinski definition) is 1. The lowest BCUT2D eigenvalue weighted by atomic mass is 9.98. The maximum Gasteiger partial charge on any atom is 0.0495 e. The largest absolute Gasteiger partial charge is 0.368 e. The van der Waals surface area contributed by atoms with Crippen LogP contribution in [0.2, 0.25) is 5.02 Å². The third-order valence-corrected chi connectivity index (χ3v) is 4.12. The second kappa shape index (κ2) is 5.97. The van der Waals surface area contributed by atoms with Crippen molar-refractivity contribution in [1.29, 1.82) is 0 Å². The van der Waals surface area contributed by atoms with Gasteiger partial charge in [-0.25, -0.2) is 0 Å². The molecule has 2 rings (SSSR count). The van der Waals surface area contributed by atoms with Crippen LogP contribution in [-0.2, 0) is 5.88 Å². The average molecular weight is 272 g/mol. The number of halogens is 2. The zero-order chi connectivity index (χ0) is 12.3. The molecule has 1 aromatic rings. The fourth-order valence-electron chi connectivity index (χ4n) is 2.68. The number of hydrogen-bond donors (Lipinski definition) is 0. The third kappa shape index (κ3) is 2.89. The Morgan fingerprint density at radius 1 is 1.35 bits per heavy atom. The Labute approximate surface area is 114 Å². The molecule has 0 saturated carbocycles. The molecule has 1 nitrogen and oxygen atoms in total. The summed E-state index contributed by atoms with van der Waals surface area (Å²) >= 11 is 12.1. The van der Waals surface area contributed by atoms with Crippen LogP contribution in [0.25, 0.3) is 0 Å². The van der Waals surface area contributed by atoms with Crippen molar-refractivity contribution in [2.24, 2.45) is 0 Å². The van der Waals surface area contributed by atoms with Crippen LogP contribution in [0.1, 0.15) is 38.2 Å². The normalized spacial score (nSPS) is 20.6. The maximum absolute atomic E-state index is 6.03. The summed E-state index contributed by atoms with van der Waals surface area (Å²) < 4.78 is 0. The van der Waals surface area contributed by atoms with E-state index < -0.39 is 0 Å². The van der Waals surface area contributed by atoms with Crippen molar-refractivity contribution in [3.63, 3.8) is 0 Å². The van der Waals surface area contributed by atoms with E-state index in [9.17, 15) is 0 Å². The zero-order valence-corrected chi connectivity index (χ0v) is 11.8. The summed E-state index contributed by atoms with van der Waals surface area (Å²) in [7, 11) is 0. The summed E-state index contributed by atoms with van der Waals surface area (Å²) in [6, 6.07) is 6.74. The minimum atomic E-state index is 0.531. The van der Waals surface area contributed by atoms with Gasteiger partial charge in [0, 0.05) is 29.2 Å². The van der Waals surface area contributed by atoms with Crippen molar-refractivity contribution in [3.8, 4) is 0 Å². The zero-order valence-electron chi connectivity index (χ0n) is 10.3. The van der Waals surface area contributed by atoms with Crippen molar-refractivity contribution in [2.75, 3.05) is 11.4 Å². The summed E-state index contributed by atoms with van der Waals surface area (Å²) in [4.78, 5) is 2.51. The Kier molecular flexibility index (Phi) is 4.58. The molecule has 1 aliphatic heterocycles. The molecule has 0 radical (unpaired) electrons. The SMILES string of the molecule is CCC1CCCCN1c1ccc(Cl)cc1CCl. The van der Waals surface area contributed by atoms with Crippen molar-refractivity contribution < 1.29 is 0 Å². The lowest BCUT2D eigenvalue weighted by Crippen LogP contribution is -2.39. The van der Waals surface area contributed by atoms with E-state index in [0.717, 1.165) is 17.1 Å². The van der Waals surface area contributed by atoms with Gasteiger partial charge in [0.15, 0.2) is 0 Å². The second-order valence-corrected chi connectivity index (χ2v) is 5.36. The molecule has 1 saturated heterocycles. The van der Waals surface area contributed by atoms with Gasteiger partial charge in [0.1, 0.15) is 0 Å². The monoisotopic (exact) mass is 271 g/mol. The summed E-state index contributed by atoms with van der Waals surface area (Å²) in [5.74, 6) is 0.531. The molecule has 17 heavy (non-hydrogen) atoms. The van der Waals surface area contributed by atoms with E-state index in [1.165, 1.54) is 31.4 Å². The smallest absolute Gasteiger partial charge is 0.0495 e. The molecule has 1 heterocycles. The van der Waals surface area contributed by atoms with E-state index in [-0.39, 0.29) is 0 Å². The average Bonchev–Trinajstić information content (AvgIpc) is 2.38. The van der Waals surface area contributed by atoms with E-state index in [0.29, 0.717) is 11.9 Å². The first-order chi connectivity index (χ1) is 8.26. The number of alkyl halides is 1. The van der Waals surface area contributed by atoms with E-state index in [1.54, 1.807) is 0 Å². The Morgan fingerprint density at radius 3 is 2.88 bits per heavy atom. The molecule has 1 atom stereocenters. The highest BCUT2D eigenvalue weighted by atomic mass is 35.5. The molecule has 94 valence electrons. The molecule has 0 amide bonds. The number of benzene rings is 1. The third-order valence-electron chi connectivity index (χ3n) is 3.59. The molecule has 1 aromatic carbocycles. The molecular weight excluding hydrogens is 253 g/mol. The Morgan fingerprint density at radius 2 is 2.18 bits per heavy atom. The molecule has 3 heteroatoms. The quantitative estimate of drug-likeness (QED) is 0.711. The van der Waals surface area contributed by atoms with Gasteiger partial charge in [-0.1, -0.05) is 18.5 Å². The van der Waals surface area contributed by atoms with Crippen molar-refractivity contribution >= 4 is 28.9 Å². The number of nitrogens with zero attached hydrogens (tertiary/aromatic N) is 1. The summed E-state index contributed by atoms with van der Waals surface area (Å²) in [6.07, 6.45) is 5.12. The molecular formula is C14H19Cl2N. The van der Waals surface area contributed by atoms with Gasteiger partial charge < -0.3 is 4.90 Å². The van der Waals surface area contributed by atoms with Gasteiger partial charge in [-0.2, -0.15) is 0 Å². The van der Waals surface area contributed by atoms with Crippen molar-refractivity contribution in [1.82, 2.24) is 0 Å². The lowest BCUT2D eigenvalue weighted by Gasteiger charge is -2.38. The van der Waals surface area contributed by atoms with Crippen LogP contribution in [0.5, 0.6) is 0 Å². The highest BCUT2D eigenvalue weighted by molar-refractivity contribution is 6.30. The first-order valence-electron chi connectivity index (χ1n) is 6.37. The van der Waals surface area contributed by atoms with E-state index >= 15 is 0 Å². The number of rotatable bonds is 3. The Balaban J connectivity index is 2.30. The van der Waals surface area contributed by atoms with Gasteiger partial charge >= 0.3 is 0 Å². The van der Waals surface area contributed by atoms with Crippen LogP contribution < -0.4 is 4.90 Å². The minimum Gasteiger partial charge on any atom is -0.368 e. The molecule has 1 aliphatic rings. The Bertz CT molecular complexity index is 378. The standard InChI is InChI=1S/C14H19Cl2N/c1-2-13-5-3-4-8-17(13)14-7-6-12(16)9-11(14)10-15/h6-7,9,13H,2-5,8,10H2,1H3. The Hall–Kier alpha value is -0.400. The molecule has 0 bridgehead atoms. The van der Waals surface area contributed by atoms with Gasteiger partial charge in [-0.15, -0.1) is 11.6 Å². The van der Waals surface area contributed by atoms with Crippen LogP contribution in [0, 0.1) is 0 Å². The number of piperidine rings is 1. The van der Waals surface area contributed by atoms with Crippen molar-refractivity contribution in [3.05, 3.63) is 28.8 Å². The van der Waals surface area contributed by atoms with Crippen LogP contribution in [0.4, 0.5) is 5.69 Å². The van der Waals surface area contributed by atoms with Gasteiger partial charge in [-0.05, 0) is 49.4 Å². The fraction of sp³-hybridized carbons (Fsp3) is 0.571. The van der Waals surface area contributed by atoms with E-state index in [4.69, 9.17) is 23.2 Å². The van der Waals surface area contributed by atoms with E-state index in [1.807, 2.05) is 12.1 Å². The summed E-state index contributed by atoms with van der Waals surface area (Å²) in [5.41, 5.74) is 2.43. The lowest BCUT2D eigenvalue weighted by molar-refractivity contribution is 0.449. The van der Waals surface area contributed by atoms with Crippen LogP contribution in [-0.4, -0.2) is 12.6 Å². The summed E-state index contributed by atoms with van der Waals surface area (Å²) in [5, 5.41) is 0.773. The van der Waals surface area contributed by atoms with Crippen LogP contribution in [0.15, 0.2) is 18.2 Å². The van der Waals surface area contributed by atoms with E-state index in [2.05, 4.69) is 17.9 Å². The van der Waals surface area contributed by atoms with Crippen molar-refractivity contribution in [2.45, 2.75) is 44.5 Å². The molecule has 0 aliphatic carbocycles. The summed E-state index contributed by atoms with van der Waals surface area (Å²) in [6.45, 7) is 3.41. The number of anilines is 1. The van der Waals surface area contributed by atoms with Crippen LogP contribution in [0.3, 0.4) is 0 Å². The highest BCUT2D eigenvalue weighted by Crippen LogP contribution is 2.31. The van der Waals surface area contributed by atoms with Crippen LogP contribution >= 0.6 is 23.2 Å².